The number of likely N-dealkylation sites (N-methyl/N-ethyl adjacent to an activating group) is 1. The minimum atomic E-state index is -0.466. The van der Waals surface area contributed by atoms with E-state index in [1.54, 1.807) is 12.1 Å². The van der Waals surface area contributed by atoms with Crippen molar-refractivity contribution in [3.8, 4) is 0 Å². The fraction of sp³-hybridized carbons (Fsp3) is 0.533. The van der Waals surface area contributed by atoms with Gasteiger partial charge in [0.1, 0.15) is 0 Å². The van der Waals surface area contributed by atoms with Crippen molar-refractivity contribution >= 4 is 23.4 Å². The molecule has 0 aromatic heterocycles. The van der Waals surface area contributed by atoms with E-state index in [4.69, 9.17) is 0 Å². The van der Waals surface area contributed by atoms with Gasteiger partial charge in [-0.25, -0.2) is 0 Å². The molecule has 120 valence electrons. The van der Waals surface area contributed by atoms with Gasteiger partial charge in [0.15, 0.2) is 0 Å². The number of carbonyl (C=O) groups is 1. The molecule has 7 heteroatoms. The fourth-order valence-electron chi connectivity index (χ4n) is 2.59. The molecule has 0 N–H and O–H groups in total. The van der Waals surface area contributed by atoms with Crippen molar-refractivity contribution in [1.82, 2.24) is 9.80 Å². The Morgan fingerprint density at radius 3 is 2.95 bits per heavy atom. The number of rotatable bonds is 4. The zero-order chi connectivity index (χ0) is 16.1. The topological polar surface area (TPSA) is 66.7 Å². The Morgan fingerprint density at radius 1 is 1.50 bits per heavy atom. The van der Waals surface area contributed by atoms with Crippen LogP contribution in [0.2, 0.25) is 0 Å². The number of hydrogen-bond donors (Lipinski definition) is 0. The fourth-order valence-corrected chi connectivity index (χ4v) is 3.64. The van der Waals surface area contributed by atoms with Gasteiger partial charge in [-0.3, -0.25) is 14.9 Å². The number of benzene rings is 1. The quantitative estimate of drug-likeness (QED) is 0.627. The molecule has 1 saturated heterocycles. The maximum absolute atomic E-state index is 12.8. The number of non-ortho nitro benzene ring substituents is 1. The molecule has 0 saturated carbocycles. The van der Waals surface area contributed by atoms with E-state index in [0.717, 1.165) is 24.5 Å². The molecule has 0 radical (unpaired) electrons. The smallest absolute Gasteiger partial charge is 0.270 e. The van der Waals surface area contributed by atoms with Crippen LogP contribution in [0.4, 0.5) is 5.69 Å². The molecule has 1 aromatic rings. The summed E-state index contributed by atoms with van der Waals surface area (Å²) in [6.45, 7) is 1.50. The van der Waals surface area contributed by atoms with E-state index in [0.29, 0.717) is 12.1 Å². The van der Waals surface area contributed by atoms with Crippen LogP contribution < -0.4 is 0 Å². The number of hydrogen-bond acceptors (Lipinski definition) is 5. The first kappa shape index (κ1) is 16.8. The van der Waals surface area contributed by atoms with E-state index >= 15 is 0 Å². The van der Waals surface area contributed by atoms with Gasteiger partial charge in [-0.1, -0.05) is 6.07 Å². The van der Waals surface area contributed by atoms with Crippen molar-refractivity contribution in [2.75, 3.05) is 38.7 Å². The molecule has 2 rings (SSSR count). The average molecular weight is 323 g/mol. The van der Waals surface area contributed by atoms with Crippen molar-refractivity contribution in [2.24, 2.45) is 0 Å². The monoisotopic (exact) mass is 323 g/mol. The third-order valence-electron chi connectivity index (χ3n) is 3.58. The summed E-state index contributed by atoms with van der Waals surface area (Å²) in [6.07, 6.45) is 0.954. The Bertz CT molecular complexity index is 551. The van der Waals surface area contributed by atoms with Crippen molar-refractivity contribution in [2.45, 2.75) is 12.5 Å². The van der Waals surface area contributed by atoms with Gasteiger partial charge in [-0.05, 0) is 32.3 Å². The first-order chi connectivity index (χ1) is 10.5. The Kier molecular flexibility index (Phi) is 5.79. The molecular weight excluding hydrogens is 302 g/mol. The first-order valence-corrected chi connectivity index (χ1v) is 8.42. The highest BCUT2D eigenvalue weighted by Crippen LogP contribution is 2.21. The van der Waals surface area contributed by atoms with E-state index in [1.165, 1.54) is 12.1 Å². The second-order valence-electron chi connectivity index (χ2n) is 5.65. The molecule has 0 bridgehead atoms. The first-order valence-electron chi connectivity index (χ1n) is 7.27. The van der Waals surface area contributed by atoms with Gasteiger partial charge in [0.05, 0.1) is 11.0 Å². The molecule has 1 aromatic carbocycles. The highest BCUT2D eigenvalue weighted by molar-refractivity contribution is 7.99. The summed E-state index contributed by atoms with van der Waals surface area (Å²) in [4.78, 5) is 27.2. The Labute approximate surface area is 134 Å². The molecule has 22 heavy (non-hydrogen) atoms. The number of nitro groups is 1. The average Bonchev–Trinajstić information content (AvgIpc) is 2.71. The number of nitro benzene ring substituents is 1. The van der Waals surface area contributed by atoms with Crippen LogP contribution in [-0.4, -0.2) is 65.4 Å². The second-order valence-corrected chi connectivity index (χ2v) is 6.80. The normalized spacial score (nSPS) is 19.0. The number of nitrogens with zero attached hydrogens (tertiary/aromatic N) is 3. The highest BCUT2D eigenvalue weighted by Gasteiger charge is 2.27. The number of amides is 1. The molecule has 1 fully saturated rings. The Hall–Kier alpha value is -1.60. The lowest BCUT2D eigenvalue weighted by atomic mass is 10.1. The largest absolute Gasteiger partial charge is 0.334 e. The van der Waals surface area contributed by atoms with Crippen LogP contribution in [0.15, 0.2) is 24.3 Å². The summed E-state index contributed by atoms with van der Waals surface area (Å²) in [5.41, 5.74) is 0.351. The molecule has 6 nitrogen and oxygen atoms in total. The van der Waals surface area contributed by atoms with E-state index in [1.807, 2.05) is 30.8 Å². The van der Waals surface area contributed by atoms with Crippen molar-refractivity contribution in [1.29, 1.82) is 0 Å². The summed E-state index contributed by atoms with van der Waals surface area (Å²) in [7, 11) is 3.98. The molecule has 1 aliphatic rings. The Morgan fingerprint density at radius 2 is 2.27 bits per heavy atom. The van der Waals surface area contributed by atoms with E-state index in [-0.39, 0.29) is 17.6 Å². The summed E-state index contributed by atoms with van der Waals surface area (Å²) in [5, 5.41) is 10.9. The summed E-state index contributed by atoms with van der Waals surface area (Å²) >= 11 is 1.86. The zero-order valence-corrected chi connectivity index (χ0v) is 13.7. The molecule has 1 aliphatic heterocycles. The lowest BCUT2D eigenvalue weighted by Crippen LogP contribution is -2.46. The van der Waals surface area contributed by atoms with Crippen LogP contribution in [0, 0.1) is 10.1 Å². The predicted molar refractivity (Wildman–Crippen MR) is 88.4 cm³/mol. The lowest BCUT2D eigenvalue weighted by molar-refractivity contribution is -0.384. The van der Waals surface area contributed by atoms with Crippen LogP contribution in [0.1, 0.15) is 16.8 Å². The molecule has 1 unspecified atom stereocenters. The predicted octanol–water partition coefficient (Wildman–Crippen LogP) is 2.10. The van der Waals surface area contributed by atoms with Crippen molar-refractivity contribution < 1.29 is 9.72 Å². The standard InChI is InChI=1S/C15H21N3O3S/c1-16(2)10-14-11-22-8-4-7-17(14)15(19)12-5-3-6-13(9-12)18(20)21/h3,5-6,9,14H,4,7-8,10-11H2,1-2H3. The number of thioether (sulfide) groups is 1. The number of carbonyl (C=O) groups excluding carboxylic acids is 1. The molecule has 0 aliphatic carbocycles. The SMILES string of the molecule is CN(C)CC1CSCCCN1C(=O)c1cccc([N+](=O)[O-])c1. The third kappa shape index (κ3) is 4.20. The molecule has 1 heterocycles. The molecule has 1 amide bonds. The zero-order valence-electron chi connectivity index (χ0n) is 12.9. The second kappa shape index (κ2) is 7.60. The minimum absolute atomic E-state index is 0.0424. The Balaban J connectivity index is 2.23. The van der Waals surface area contributed by atoms with Crippen LogP contribution in [-0.2, 0) is 0 Å². The van der Waals surface area contributed by atoms with Gasteiger partial charge >= 0.3 is 0 Å². The van der Waals surface area contributed by atoms with E-state index in [9.17, 15) is 14.9 Å². The lowest BCUT2D eigenvalue weighted by Gasteiger charge is -2.31. The molecular formula is C15H21N3O3S. The van der Waals surface area contributed by atoms with Gasteiger partial charge in [0.25, 0.3) is 11.6 Å². The van der Waals surface area contributed by atoms with Gasteiger partial charge < -0.3 is 9.80 Å². The maximum atomic E-state index is 12.8. The minimum Gasteiger partial charge on any atom is -0.334 e. The van der Waals surface area contributed by atoms with E-state index in [2.05, 4.69) is 4.90 Å². The van der Waals surface area contributed by atoms with Gasteiger partial charge in [0.2, 0.25) is 0 Å². The third-order valence-corrected chi connectivity index (χ3v) is 4.78. The van der Waals surface area contributed by atoms with Gasteiger partial charge in [-0.15, -0.1) is 0 Å². The van der Waals surface area contributed by atoms with Crippen LogP contribution >= 0.6 is 11.8 Å². The van der Waals surface area contributed by atoms with Crippen molar-refractivity contribution in [3.05, 3.63) is 39.9 Å². The molecule has 0 spiro atoms. The molecule has 1 atom stereocenters. The van der Waals surface area contributed by atoms with Gasteiger partial charge in [0, 0.05) is 36.5 Å². The summed E-state index contributed by atoms with van der Waals surface area (Å²) in [6, 6.07) is 6.13. The maximum Gasteiger partial charge on any atom is 0.270 e. The van der Waals surface area contributed by atoms with Crippen LogP contribution in [0.3, 0.4) is 0 Å². The van der Waals surface area contributed by atoms with Crippen molar-refractivity contribution in [3.63, 3.8) is 0 Å². The van der Waals surface area contributed by atoms with Crippen LogP contribution in [0.5, 0.6) is 0 Å². The summed E-state index contributed by atoms with van der Waals surface area (Å²) < 4.78 is 0. The highest BCUT2D eigenvalue weighted by atomic mass is 32.2. The van der Waals surface area contributed by atoms with Crippen LogP contribution in [0.25, 0.3) is 0 Å². The summed E-state index contributed by atoms with van der Waals surface area (Å²) in [5.74, 6) is 1.83. The van der Waals surface area contributed by atoms with Gasteiger partial charge in [-0.2, -0.15) is 11.8 Å². The van der Waals surface area contributed by atoms with E-state index < -0.39 is 4.92 Å².